The Morgan fingerprint density at radius 1 is 0.833 bits per heavy atom. The smallest absolute Gasteiger partial charge is 0.306 e. The van der Waals surface area contributed by atoms with Gasteiger partial charge in [0.1, 0.15) is 6.54 Å². The first-order chi connectivity index (χ1) is 14.1. The summed E-state index contributed by atoms with van der Waals surface area (Å²) in [6, 6.07) is 0. The monoisotopic (exact) mass is 420 g/mol. The van der Waals surface area contributed by atoms with Crippen molar-refractivity contribution in [2.45, 2.75) is 70.3 Å². The van der Waals surface area contributed by atoms with E-state index in [1.54, 1.807) is 0 Å². The Labute approximate surface area is 183 Å². The number of quaternary nitrogens is 1. The lowest BCUT2D eigenvalue weighted by Gasteiger charge is -2.33. The van der Waals surface area contributed by atoms with Gasteiger partial charge in [-0.25, -0.2) is 0 Å². The number of rotatable bonds is 17. The highest BCUT2D eigenvalue weighted by Crippen LogP contribution is 2.19. The quantitative estimate of drug-likeness (QED) is 0.201. The molecule has 0 aliphatic rings. The molecule has 5 nitrogen and oxygen atoms in total. The molecule has 1 unspecified atom stereocenters. The summed E-state index contributed by atoms with van der Waals surface area (Å²) in [5, 5.41) is 19.7. The molecule has 0 aromatic heterocycles. The van der Waals surface area contributed by atoms with Crippen LogP contribution in [0.4, 0.5) is 0 Å². The van der Waals surface area contributed by atoms with Crippen LogP contribution in [0.2, 0.25) is 0 Å². The first-order valence-corrected chi connectivity index (χ1v) is 11.0. The van der Waals surface area contributed by atoms with Gasteiger partial charge in [0.2, 0.25) is 0 Å². The third kappa shape index (κ3) is 15.9. The van der Waals surface area contributed by atoms with E-state index in [1.807, 2.05) is 21.1 Å². The van der Waals surface area contributed by atoms with E-state index < -0.39 is 18.0 Å². The Kier molecular flexibility index (Phi) is 14.8. The molecule has 0 radical (unpaired) electrons. The van der Waals surface area contributed by atoms with E-state index in [4.69, 9.17) is 5.11 Å². The normalized spacial score (nSPS) is 15.0. The molecule has 0 fully saturated rings. The van der Waals surface area contributed by atoms with Gasteiger partial charge in [0.25, 0.3) is 0 Å². The molecule has 0 aromatic rings. The lowest BCUT2D eigenvalue weighted by Crippen LogP contribution is -2.54. The van der Waals surface area contributed by atoms with Crippen molar-refractivity contribution in [1.29, 1.82) is 0 Å². The number of aliphatic carboxylic acids is 1. The van der Waals surface area contributed by atoms with Crippen molar-refractivity contribution in [3.63, 3.8) is 0 Å². The third-order valence-corrected chi connectivity index (χ3v) is 4.44. The number of likely N-dealkylation sites (N-methyl/N-ethyl adjacent to an activating group) is 1. The van der Waals surface area contributed by atoms with Crippen molar-refractivity contribution in [1.82, 2.24) is 0 Å². The maximum Gasteiger partial charge on any atom is 0.306 e. The minimum absolute atomic E-state index is 0.0923. The number of ketones is 1. The summed E-state index contributed by atoms with van der Waals surface area (Å²) in [6.45, 7) is 2.22. The molecule has 0 rings (SSSR count). The number of aliphatic hydroxyl groups is 1. The highest BCUT2D eigenvalue weighted by molar-refractivity contribution is 5.91. The second-order valence-electron chi connectivity index (χ2n) is 8.72. The number of carbonyl (C=O) groups excluding carboxylic acids is 1. The molecule has 30 heavy (non-hydrogen) atoms. The number of carboxylic acid groups (broad SMARTS) is 1. The number of unbranched alkanes of at least 4 members (excludes halogenated alkanes) is 2. The molecule has 0 amide bonds. The molecule has 1 atom stereocenters. The third-order valence-electron chi connectivity index (χ3n) is 4.44. The zero-order valence-corrected chi connectivity index (χ0v) is 19.3. The van der Waals surface area contributed by atoms with Crippen molar-refractivity contribution >= 4 is 11.8 Å². The molecular formula is C25H42NO4+. The second-order valence-corrected chi connectivity index (χ2v) is 8.72. The molecule has 0 saturated heterocycles. The first kappa shape index (κ1) is 28.0. The number of Topliss-reactive ketones (excluding diaryl/α,β-unsaturated/α-hetero) is 1. The van der Waals surface area contributed by atoms with Crippen LogP contribution in [-0.4, -0.2) is 59.7 Å². The van der Waals surface area contributed by atoms with E-state index in [9.17, 15) is 14.7 Å². The van der Waals surface area contributed by atoms with Crippen LogP contribution in [0.5, 0.6) is 0 Å². The summed E-state index contributed by atoms with van der Waals surface area (Å²) in [7, 11) is 5.50. The molecule has 2 N–H and O–H groups in total. The Morgan fingerprint density at radius 3 is 1.80 bits per heavy atom. The molecule has 0 aliphatic heterocycles. The van der Waals surface area contributed by atoms with Crippen LogP contribution < -0.4 is 0 Å². The molecule has 0 bridgehead atoms. The van der Waals surface area contributed by atoms with Gasteiger partial charge >= 0.3 is 5.97 Å². The largest absolute Gasteiger partial charge is 0.481 e. The van der Waals surface area contributed by atoms with Crippen LogP contribution in [0.3, 0.4) is 0 Å². The molecule has 5 heteroatoms. The van der Waals surface area contributed by atoms with E-state index in [-0.39, 0.29) is 18.7 Å². The summed E-state index contributed by atoms with van der Waals surface area (Å²) in [6.07, 6.45) is 23.1. The van der Waals surface area contributed by atoms with Crippen LogP contribution >= 0.6 is 0 Å². The SMILES string of the molecule is CC/C=C\C/C=C\C/C=C\C/C=C\CCCCC(=O)C(O)(CC(=O)O)C[N+](C)(C)C. The number of allylic oxidation sites excluding steroid dienone is 8. The first-order valence-electron chi connectivity index (χ1n) is 11.0. The topological polar surface area (TPSA) is 74.6 Å². The van der Waals surface area contributed by atoms with E-state index in [0.717, 1.165) is 38.5 Å². The summed E-state index contributed by atoms with van der Waals surface area (Å²) in [5.41, 5.74) is -1.80. The minimum atomic E-state index is -1.80. The van der Waals surface area contributed by atoms with Crippen molar-refractivity contribution < 1.29 is 24.3 Å². The van der Waals surface area contributed by atoms with Crippen LogP contribution in [-0.2, 0) is 9.59 Å². The predicted octanol–water partition coefficient (Wildman–Crippen LogP) is 4.83. The highest BCUT2D eigenvalue weighted by atomic mass is 16.4. The van der Waals surface area contributed by atoms with Gasteiger partial charge in [0.05, 0.1) is 27.6 Å². The summed E-state index contributed by atoms with van der Waals surface area (Å²) < 4.78 is 0.331. The van der Waals surface area contributed by atoms with Crippen LogP contribution in [0.1, 0.15) is 64.7 Å². The van der Waals surface area contributed by atoms with E-state index >= 15 is 0 Å². The standard InChI is InChI=1S/C25H41NO4/c1-5-6-7-8-9-10-11-12-13-14-15-16-17-18-19-20-23(27)25(30,21-24(28)29)22-26(2,3)4/h6-7,9-10,12-13,15-16,30H,5,8,11,14,17-22H2,1-4H3/p+1/b7-6-,10-9-,13-12-,16-15-. The van der Waals surface area contributed by atoms with Gasteiger partial charge in [-0.1, -0.05) is 55.5 Å². The Balaban J connectivity index is 4.09. The zero-order chi connectivity index (χ0) is 22.9. The minimum Gasteiger partial charge on any atom is -0.481 e. The number of hydrogen-bond acceptors (Lipinski definition) is 3. The molecule has 0 aliphatic carbocycles. The van der Waals surface area contributed by atoms with Gasteiger partial charge in [-0.05, 0) is 44.9 Å². The number of nitrogens with zero attached hydrogens (tertiary/aromatic N) is 1. The van der Waals surface area contributed by atoms with Crippen LogP contribution in [0, 0.1) is 0 Å². The van der Waals surface area contributed by atoms with Crippen molar-refractivity contribution in [2.75, 3.05) is 27.7 Å². The fourth-order valence-corrected chi connectivity index (χ4v) is 3.16. The van der Waals surface area contributed by atoms with E-state index in [0.29, 0.717) is 10.9 Å². The lowest BCUT2D eigenvalue weighted by molar-refractivity contribution is -0.875. The lowest BCUT2D eigenvalue weighted by atomic mass is 9.89. The molecule has 170 valence electrons. The average Bonchev–Trinajstić information content (AvgIpc) is 2.62. The number of hydrogen-bond donors (Lipinski definition) is 2. The number of carbonyl (C=O) groups is 2. The highest BCUT2D eigenvalue weighted by Gasteiger charge is 2.42. The van der Waals surface area contributed by atoms with Gasteiger partial charge in [0, 0.05) is 6.42 Å². The van der Waals surface area contributed by atoms with E-state index in [2.05, 4.69) is 55.5 Å². The fraction of sp³-hybridized carbons (Fsp3) is 0.600. The van der Waals surface area contributed by atoms with Crippen LogP contribution in [0.25, 0.3) is 0 Å². The molecule has 0 aromatic carbocycles. The van der Waals surface area contributed by atoms with E-state index in [1.165, 1.54) is 0 Å². The maximum absolute atomic E-state index is 12.5. The summed E-state index contributed by atoms with van der Waals surface area (Å²) >= 11 is 0. The van der Waals surface area contributed by atoms with Gasteiger partial charge in [-0.2, -0.15) is 0 Å². The Morgan fingerprint density at radius 2 is 1.33 bits per heavy atom. The second kappa shape index (κ2) is 15.8. The van der Waals surface area contributed by atoms with Gasteiger partial charge in [-0.3, -0.25) is 9.59 Å². The van der Waals surface area contributed by atoms with Crippen molar-refractivity contribution in [3.8, 4) is 0 Å². The fourth-order valence-electron chi connectivity index (χ4n) is 3.16. The average molecular weight is 421 g/mol. The van der Waals surface area contributed by atoms with Crippen molar-refractivity contribution in [3.05, 3.63) is 48.6 Å². The Hall–Kier alpha value is -1.98. The molecular weight excluding hydrogens is 378 g/mol. The summed E-state index contributed by atoms with van der Waals surface area (Å²) in [4.78, 5) is 23.5. The maximum atomic E-state index is 12.5. The summed E-state index contributed by atoms with van der Waals surface area (Å²) in [5.74, 6) is -1.53. The predicted molar refractivity (Wildman–Crippen MR) is 124 cm³/mol. The molecule has 0 spiro atoms. The van der Waals surface area contributed by atoms with Gasteiger partial charge in [-0.15, -0.1) is 0 Å². The van der Waals surface area contributed by atoms with Crippen molar-refractivity contribution in [2.24, 2.45) is 0 Å². The number of carboxylic acids is 1. The zero-order valence-electron chi connectivity index (χ0n) is 19.3. The van der Waals surface area contributed by atoms with Gasteiger partial charge in [0.15, 0.2) is 11.4 Å². The molecule has 0 saturated carbocycles. The molecule has 0 heterocycles. The Bertz CT molecular complexity index is 611. The van der Waals surface area contributed by atoms with Crippen LogP contribution in [0.15, 0.2) is 48.6 Å². The van der Waals surface area contributed by atoms with Gasteiger partial charge < -0.3 is 14.7 Å².